The van der Waals surface area contributed by atoms with Crippen molar-refractivity contribution in [1.82, 2.24) is 14.9 Å². The number of amides is 1. The minimum atomic E-state index is -0.0562. The van der Waals surface area contributed by atoms with Crippen LogP contribution >= 0.6 is 0 Å². The van der Waals surface area contributed by atoms with Crippen LogP contribution in [0.15, 0.2) is 54.9 Å². The van der Waals surface area contributed by atoms with Crippen LogP contribution < -0.4 is 0 Å². The van der Waals surface area contributed by atoms with Gasteiger partial charge in [-0.25, -0.2) is 0 Å². The molecule has 0 saturated carbocycles. The highest BCUT2D eigenvalue weighted by Crippen LogP contribution is 2.26. The van der Waals surface area contributed by atoms with Crippen molar-refractivity contribution in [3.63, 3.8) is 0 Å². The Bertz CT molecular complexity index is 986. The monoisotopic (exact) mass is 342 g/mol. The molecule has 0 spiro atoms. The molecule has 1 atom stereocenters. The lowest BCUT2D eigenvalue weighted by molar-refractivity contribution is 0.0699. The molecule has 1 saturated heterocycles. The van der Waals surface area contributed by atoms with Crippen LogP contribution in [0.2, 0.25) is 0 Å². The SMILES string of the molecule is N#CC1CCCN(C(=O)c2ccc(-c3nccc4ncccc34)cc2)C1. The minimum Gasteiger partial charge on any atom is -0.337 e. The van der Waals surface area contributed by atoms with E-state index in [0.717, 1.165) is 41.5 Å². The Labute approximate surface area is 151 Å². The second-order valence-corrected chi connectivity index (χ2v) is 6.53. The fourth-order valence-corrected chi connectivity index (χ4v) is 3.45. The number of likely N-dealkylation sites (tertiary alicyclic amines) is 1. The van der Waals surface area contributed by atoms with Crippen LogP contribution in [0, 0.1) is 17.2 Å². The molecule has 3 aromatic rings. The Morgan fingerprint density at radius 3 is 2.77 bits per heavy atom. The van der Waals surface area contributed by atoms with Crippen LogP contribution in [0.25, 0.3) is 22.2 Å². The van der Waals surface area contributed by atoms with Crippen molar-refractivity contribution in [1.29, 1.82) is 5.26 Å². The molecule has 1 fully saturated rings. The third-order valence-corrected chi connectivity index (χ3v) is 4.83. The van der Waals surface area contributed by atoms with Crippen LogP contribution in [-0.4, -0.2) is 33.9 Å². The lowest BCUT2D eigenvalue weighted by atomic mass is 9.98. The van der Waals surface area contributed by atoms with Crippen LogP contribution in [-0.2, 0) is 0 Å². The molecule has 1 aliphatic rings. The lowest BCUT2D eigenvalue weighted by Gasteiger charge is -2.29. The summed E-state index contributed by atoms with van der Waals surface area (Å²) in [4.78, 5) is 23.3. The third-order valence-electron chi connectivity index (χ3n) is 4.83. The number of fused-ring (bicyclic) bond motifs is 1. The van der Waals surface area contributed by atoms with E-state index in [1.807, 2.05) is 42.5 Å². The van der Waals surface area contributed by atoms with Crippen molar-refractivity contribution in [2.75, 3.05) is 13.1 Å². The summed E-state index contributed by atoms with van der Waals surface area (Å²) in [6.45, 7) is 1.24. The summed E-state index contributed by atoms with van der Waals surface area (Å²) in [6, 6.07) is 15.6. The average Bonchev–Trinajstić information content (AvgIpc) is 2.73. The Morgan fingerprint density at radius 2 is 1.96 bits per heavy atom. The van der Waals surface area contributed by atoms with Gasteiger partial charge in [-0.05, 0) is 43.2 Å². The first-order chi connectivity index (χ1) is 12.8. The number of nitriles is 1. The first-order valence-corrected chi connectivity index (χ1v) is 8.75. The zero-order valence-electron chi connectivity index (χ0n) is 14.3. The molecule has 128 valence electrons. The number of pyridine rings is 2. The summed E-state index contributed by atoms with van der Waals surface area (Å²) in [7, 11) is 0. The third kappa shape index (κ3) is 3.02. The van der Waals surface area contributed by atoms with Gasteiger partial charge in [-0.1, -0.05) is 12.1 Å². The van der Waals surface area contributed by atoms with Crippen molar-refractivity contribution in [3.05, 3.63) is 60.4 Å². The van der Waals surface area contributed by atoms with E-state index in [-0.39, 0.29) is 11.8 Å². The number of carbonyl (C=O) groups excluding carboxylic acids is 1. The van der Waals surface area contributed by atoms with Crippen molar-refractivity contribution in [2.24, 2.45) is 5.92 Å². The van der Waals surface area contributed by atoms with Gasteiger partial charge in [-0.3, -0.25) is 14.8 Å². The molecule has 1 aliphatic heterocycles. The second-order valence-electron chi connectivity index (χ2n) is 6.53. The molecule has 0 aliphatic carbocycles. The number of hydrogen-bond donors (Lipinski definition) is 0. The van der Waals surface area contributed by atoms with E-state index in [1.54, 1.807) is 17.3 Å². The maximum atomic E-state index is 12.7. The van der Waals surface area contributed by atoms with Crippen molar-refractivity contribution in [2.45, 2.75) is 12.8 Å². The number of aromatic nitrogens is 2. The standard InChI is InChI=1S/C21H18N4O/c22-13-15-3-2-12-25(14-15)21(26)17-7-5-16(6-8-17)20-18-4-1-10-23-19(18)9-11-24-20/h1,4-11,15H,2-3,12,14H2. The minimum absolute atomic E-state index is 0.0101. The first-order valence-electron chi connectivity index (χ1n) is 8.75. The van der Waals surface area contributed by atoms with Crippen LogP contribution in [0.1, 0.15) is 23.2 Å². The molecule has 5 nitrogen and oxygen atoms in total. The summed E-state index contributed by atoms with van der Waals surface area (Å²) in [6.07, 6.45) is 5.27. The summed E-state index contributed by atoms with van der Waals surface area (Å²) in [5, 5.41) is 10.1. The van der Waals surface area contributed by atoms with Gasteiger partial charge in [0.25, 0.3) is 5.91 Å². The van der Waals surface area contributed by atoms with Gasteiger partial charge in [-0.2, -0.15) is 5.26 Å². The van der Waals surface area contributed by atoms with Crippen LogP contribution in [0.4, 0.5) is 0 Å². The van der Waals surface area contributed by atoms with E-state index in [1.165, 1.54) is 0 Å². The average molecular weight is 342 g/mol. The zero-order valence-corrected chi connectivity index (χ0v) is 14.3. The largest absolute Gasteiger partial charge is 0.337 e. The van der Waals surface area contributed by atoms with Crippen LogP contribution in [0.3, 0.4) is 0 Å². The summed E-state index contributed by atoms with van der Waals surface area (Å²) >= 11 is 0. The highest BCUT2D eigenvalue weighted by atomic mass is 16.2. The Morgan fingerprint density at radius 1 is 1.12 bits per heavy atom. The number of piperidine rings is 1. The maximum absolute atomic E-state index is 12.7. The molecule has 1 aromatic carbocycles. The van der Waals surface area contributed by atoms with Gasteiger partial charge in [0.1, 0.15) is 0 Å². The molecule has 0 N–H and O–H groups in total. The van der Waals surface area contributed by atoms with Gasteiger partial charge in [0.15, 0.2) is 0 Å². The second kappa shape index (κ2) is 6.93. The first kappa shape index (κ1) is 16.2. The number of rotatable bonds is 2. The van der Waals surface area contributed by atoms with Gasteiger partial charge in [0.2, 0.25) is 0 Å². The maximum Gasteiger partial charge on any atom is 0.253 e. The van der Waals surface area contributed by atoms with Gasteiger partial charge in [-0.15, -0.1) is 0 Å². The molecule has 26 heavy (non-hydrogen) atoms. The molecule has 0 bridgehead atoms. The zero-order chi connectivity index (χ0) is 17.9. The molecule has 3 heterocycles. The number of benzene rings is 1. The van der Waals surface area contributed by atoms with Crippen LogP contribution in [0.5, 0.6) is 0 Å². The molecule has 1 unspecified atom stereocenters. The summed E-state index contributed by atoms with van der Waals surface area (Å²) in [5.74, 6) is -0.0663. The normalized spacial score (nSPS) is 17.0. The number of carbonyl (C=O) groups is 1. The van der Waals surface area contributed by atoms with Crippen molar-refractivity contribution >= 4 is 16.8 Å². The fraction of sp³-hybridized carbons (Fsp3) is 0.238. The highest BCUT2D eigenvalue weighted by molar-refractivity contribution is 5.96. The molecule has 1 amide bonds. The molecule has 2 aromatic heterocycles. The quantitative estimate of drug-likeness (QED) is 0.712. The van der Waals surface area contributed by atoms with E-state index in [9.17, 15) is 4.79 Å². The lowest BCUT2D eigenvalue weighted by Crippen LogP contribution is -2.39. The van der Waals surface area contributed by atoms with E-state index >= 15 is 0 Å². The van der Waals surface area contributed by atoms with E-state index in [0.29, 0.717) is 12.1 Å². The predicted octanol–water partition coefficient (Wildman–Crippen LogP) is 3.67. The molecular formula is C21H18N4O. The molecule has 4 rings (SSSR count). The summed E-state index contributed by atoms with van der Waals surface area (Å²) in [5.41, 5.74) is 3.35. The van der Waals surface area contributed by atoms with Gasteiger partial charge >= 0.3 is 0 Å². The predicted molar refractivity (Wildman–Crippen MR) is 99.2 cm³/mol. The number of hydrogen-bond acceptors (Lipinski definition) is 4. The van der Waals surface area contributed by atoms with Gasteiger partial charge < -0.3 is 4.90 Å². The Hall–Kier alpha value is -3.26. The molecular weight excluding hydrogens is 324 g/mol. The number of nitrogens with zero attached hydrogens (tertiary/aromatic N) is 4. The van der Waals surface area contributed by atoms with Crippen molar-refractivity contribution < 1.29 is 4.79 Å². The Kier molecular flexibility index (Phi) is 4.32. The van der Waals surface area contributed by atoms with Crippen molar-refractivity contribution in [3.8, 4) is 17.3 Å². The molecule has 5 heteroatoms. The van der Waals surface area contributed by atoms with E-state index in [2.05, 4.69) is 16.0 Å². The smallest absolute Gasteiger partial charge is 0.253 e. The van der Waals surface area contributed by atoms with E-state index < -0.39 is 0 Å². The van der Waals surface area contributed by atoms with Gasteiger partial charge in [0.05, 0.1) is 23.2 Å². The van der Waals surface area contributed by atoms with Gasteiger partial charge in [0, 0.05) is 42.0 Å². The topological polar surface area (TPSA) is 69.9 Å². The fourth-order valence-electron chi connectivity index (χ4n) is 3.45. The molecule has 0 radical (unpaired) electrons. The summed E-state index contributed by atoms with van der Waals surface area (Å²) < 4.78 is 0. The highest BCUT2D eigenvalue weighted by Gasteiger charge is 2.24. The Balaban J connectivity index is 1.61. The van der Waals surface area contributed by atoms with E-state index in [4.69, 9.17) is 5.26 Å².